The summed E-state index contributed by atoms with van der Waals surface area (Å²) in [5, 5.41) is 5.61. The normalized spacial score (nSPS) is 17.7. The van der Waals surface area contributed by atoms with E-state index in [9.17, 15) is 4.79 Å². The molecule has 1 unspecified atom stereocenters. The number of hydrogen-bond acceptors (Lipinski definition) is 5. The fraction of sp³-hybridized carbons (Fsp3) is 0.333. The van der Waals surface area contributed by atoms with Crippen LogP contribution < -0.4 is 16.0 Å². The van der Waals surface area contributed by atoms with E-state index in [0.29, 0.717) is 12.2 Å². The van der Waals surface area contributed by atoms with E-state index >= 15 is 0 Å². The Kier molecular flexibility index (Phi) is 4.75. The zero-order valence-corrected chi connectivity index (χ0v) is 14.4. The highest BCUT2D eigenvalue weighted by molar-refractivity contribution is 9.10. The van der Waals surface area contributed by atoms with Crippen LogP contribution >= 0.6 is 27.3 Å². The highest BCUT2D eigenvalue weighted by atomic mass is 79.9. The topological polar surface area (TPSA) is 71.2 Å². The molecule has 1 aromatic carbocycles. The number of carbonyl (C=O) groups is 1. The average molecular weight is 381 g/mol. The average Bonchev–Trinajstić information content (AvgIpc) is 3.17. The Morgan fingerprint density at radius 1 is 1.45 bits per heavy atom. The molecule has 5 nitrogen and oxygen atoms in total. The van der Waals surface area contributed by atoms with Gasteiger partial charge in [0.25, 0.3) is 5.91 Å². The summed E-state index contributed by atoms with van der Waals surface area (Å²) in [7, 11) is 0. The predicted octanol–water partition coefficient (Wildman–Crippen LogP) is 2.37. The van der Waals surface area contributed by atoms with Gasteiger partial charge in [0.1, 0.15) is 10.7 Å². The van der Waals surface area contributed by atoms with Gasteiger partial charge in [0.15, 0.2) is 0 Å². The van der Waals surface area contributed by atoms with Crippen molar-refractivity contribution in [2.75, 3.05) is 18.0 Å². The minimum Gasteiger partial charge on any atom is -0.369 e. The number of nitrogens with one attached hydrogen (secondary N) is 1. The van der Waals surface area contributed by atoms with Crippen molar-refractivity contribution in [3.05, 3.63) is 44.8 Å². The molecule has 116 valence electrons. The summed E-state index contributed by atoms with van der Waals surface area (Å²) in [6, 6.07) is 8.39. The van der Waals surface area contributed by atoms with E-state index in [1.807, 2.05) is 12.1 Å². The fourth-order valence-corrected chi connectivity index (χ4v) is 3.45. The van der Waals surface area contributed by atoms with Gasteiger partial charge < -0.3 is 16.0 Å². The Morgan fingerprint density at radius 2 is 2.23 bits per heavy atom. The van der Waals surface area contributed by atoms with Gasteiger partial charge in [-0.05, 0) is 30.7 Å². The van der Waals surface area contributed by atoms with E-state index < -0.39 is 0 Å². The molecular formula is C15H17BrN4OS. The van der Waals surface area contributed by atoms with Crippen molar-refractivity contribution in [2.24, 2.45) is 5.73 Å². The summed E-state index contributed by atoms with van der Waals surface area (Å²) in [5.74, 6) is -0.112. The second-order valence-electron chi connectivity index (χ2n) is 5.21. The van der Waals surface area contributed by atoms with Crippen LogP contribution in [0.1, 0.15) is 21.9 Å². The molecule has 0 saturated carbocycles. The number of halogens is 1. The Bertz CT molecular complexity index is 658. The van der Waals surface area contributed by atoms with Crippen LogP contribution in [-0.4, -0.2) is 30.0 Å². The van der Waals surface area contributed by atoms with Gasteiger partial charge in [0.2, 0.25) is 0 Å². The lowest BCUT2D eigenvalue weighted by atomic mass is 10.2. The van der Waals surface area contributed by atoms with Crippen molar-refractivity contribution in [3.63, 3.8) is 0 Å². The Labute approximate surface area is 141 Å². The van der Waals surface area contributed by atoms with Crippen LogP contribution in [0.25, 0.3) is 0 Å². The molecule has 1 fully saturated rings. The molecule has 0 radical (unpaired) electrons. The maximum Gasteiger partial charge on any atom is 0.271 e. The number of rotatable bonds is 4. The molecule has 0 bridgehead atoms. The Morgan fingerprint density at radius 3 is 2.91 bits per heavy atom. The molecule has 3 N–H and O–H groups in total. The van der Waals surface area contributed by atoms with Gasteiger partial charge in [-0.2, -0.15) is 0 Å². The highest BCUT2D eigenvalue weighted by Crippen LogP contribution is 2.22. The van der Waals surface area contributed by atoms with Gasteiger partial charge in [-0.3, -0.25) is 4.79 Å². The molecule has 1 aromatic heterocycles. The summed E-state index contributed by atoms with van der Waals surface area (Å²) < 4.78 is 1.07. The number of nitrogens with two attached hydrogens (primary N) is 1. The number of nitrogens with zero attached hydrogens (tertiary/aromatic N) is 2. The first-order chi connectivity index (χ1) is 10.7. The van der Waals surface area contributed by atoms with E-state index in [1.165, 1.54) is 17.0 Å². The van der Waals surface area contributed by atoms with Gasteiger partial charge in [-0.1, -0.05) is 15.9 Å². The van der Waals surface area contributed by atoms with Crippen LogP contribution in [0.15, 0.2) is 34.1 Å². The first kappa shape index (κ1) is 15.5. The minimum atomic E-state index is -0.112. The minimum absolute atomic E-state index is 0.112. The van der Waals surface area contributed by atoms with E-state index in [2.05, 4.69) is 43.3 Å². The van der Waals surface area contributed by atoms with E-state index in [0.717, 1.165) is 29.0 Å². The Balaban J connectivity index is 1.58. The lowest BCUT2D eigenvalue weighted by Crippen LogP contribution is -2.37. The number of aromatic nitrogens is 1. The molecule has 0 aliphatic carbocycles. The van der Waals surface area contributed by atoms with Crippen molar-refractivity contribution in [3.8, 4) is 0 Å². The fourth-order valence-electron chi connectivity index (χ4n) is 2.53. The third-order valence-electron chi connectivity index (χ3n) is 3.67. The number of benzene rings is 1. The van der Waals surface area contributed by atoms with Crippen LogP contribution in [0.3, 0.4) is 0 Å². The smallest absolute Gasteiger partial charge is 0.271 e. The SMILES string of the molecule is NCc1nc(C(=O)NC2CCN(c3ccc(Br)cc3)C2)cs1. The van der Waals surface area contributed by atoms with Gasteiger partial charge in [-0.25, -0.2) is 4.98 Å². The van der Waals surface area contributed by atoms with Crippen molar-refractivity contribution in [2.45, 2.75) is 19.0 Å². The third-order valence-corrected chi connectivity index (χ3v) is 5.07. The molecular weight excluding hydrogens is 364 g/mol. The number of amides is 1. The van der Waals surface area contributed by atoms with E-state index in [-0.39, 0.29) is 11.9 Å². The molecule has 0 spiro atoms. The molecule has 7 heteroatoms. The van der Waals surface area contributed by atoms with Gasteiger partial charge in [-0.15, -0.1) is 11.3 Å². The number of anilines is 1. The summed E-state index contributed by atoms with van der Waals surface area (Å²) >= 11 is 4.86. The van der Waals surface area contributed by atoms with Crippen molar-refractivity contribution in [1.82, 2.24) is 10.3 Å². The largest absolute Gasteiger partial charge is 0.369 e. The summed E-state index contributed by atoms with van der Waals surface area (Å²) in [5.41, 5.74) is 7.17. The lowest BCUT2D eigenvalue weighted by Gasteiger charge is -2.19. The van der Waals surface area contributed by atoms with Crippen LogP contribution in [0.5, 0.6) is 0 Å². The van der Waals surface area contributed by atoms with Crippen LogP contribution in [0, 0.1) is 0 Å². The summed E-state index contributed by atoms with van der Waals surface area (Å²) in [6.45, 7) is 2.14. The van der Waals surface area contributed by atoms with Gasteiger partial charge in [0, 0.05) is 41.2 Å². The first-order valence-corrected chi connectivity index (χ1v) is 8.79. The molecule has 1 saturated heterocycles. The Hall–Kier alpha value is -1.44. The standard InChI is InChI=1S/C15H17BrN4OS/c16-10-1-3-12(4-2-10)20-6-5-11(8-20)18-15(21)13-9-22-14(7-17)19-13/h1-4,9,11H,5-8,17H2,(H,18,21). The second-order valence-corrected chi connectivity index (χ2v) is 7.07. The predicted molar refractivity (Wildman–Crippen MR) is 92.2 cm³/mol. The monoisotopic (exact) mass is 380 g/mol. The zero-order valence-electron chi connectivity index (χ0n) is 12.0. The van der Waals surface area contributed by atoms with Crippen LogP contribution in [0.4, 0.5) is 5.69 Å². The molecule has 1 amide bonds. The third kappa shape index (κ3) is 3.48. The van der Waals surface area contributed by atoms with Crippen molar-refractivity contribution >= 4 is 38.9 Å². The maximum atomic E-state index is 12.2. The second kappa shape index (κ2) is 6.76. The molecule has 22 heavy (non-hydrogen) atoms. The first-order valence-electron chi connectivity index (χ1n) is 7.11. The highest BCUT2D eigenvalue weighted by Gasteiger charge is 2.25. The zero-order chi connectivity index (χ0) is 15.5. The van der Waals surface area contributed by atoms with Gasteiger partial charge >= 0.3 is 0 Å². The number of carbonyl (C=O) groups excluding carboxylic acids is 1. The molecule has 2 heterocycles. The molecule has 1 aliphatic heterocycles. The van der Waals surface area contributed by atoms with Crippen LogP contribution in [0.2, 0.25) is 0 Å². The summed E-state index contributed by atoms with van der Waals surface area (Å²) in [4.78, 5) is 18.7. The summed E-state index contributed by atoms with van der Waals surface area (Å²) in [6.07, 6.45) is 0.940. The van der Waals surface area contributed by atoms with E-state index in [4.69, 9.17) is 5.73 Å². The molecule has 3 rings (SSSR count). The van der Waals surface area contributed by atoms with Crippen LogP contribution in [-0.2, 0) is 6.54 Å². The molecule has 1 atom stereocenters. The maximum absolute atomic E-state index is 12.2. The lowest BCUT2D eigenvalue weighted by molar-refractivity contribution is 0.0936. The number of thiazole rings is 1. The quantitative estimate of drug-likeness (QED) is 0.853. The van der Waals surface area contributed by atoms with E-state index in [1.54, 1.807) is 5.38 Å². The van der Waals surface area contributed by atoms with Crippen molar-refractivity contribution < 1.29 is 4.79 Å². The molecule has 2 aromatic rings. The van der Waals surface area contributed by atoms with Gasteiger partial charge in [0.05, 0.1) is 0 Å². The molecule has 1 aliphatic rings. The van der Waals surface area contributed by atoms with Crippen molar-refractivity contribution in [1.29, 1.82) is 0 Å². The number of hydrogen-bond donors (Lipinski definition) is 2.